The molecule has 0 spiro atoms. The molecule has 0 saturated heterocycles. The molecule has 0 aromatic carbocycles. The van der Waals surface area contributed by atoms with E-state index < -0.39 is 3.93 Å². The van der Waals surface area contributed by atoms with Gasteiger partial charge in [-0.05, 0) is 41.9 Å². The van der Waals surface area contributed by atoms with E-state index in [0.29, 0.717) is 13.0 Å². The molecular formula is C9H15F2IO2. The summed E-state index contributed by atoms with van der Waals surface area (Å²) in [5.74, 6) is 0. The van der Waals surface area contributed by atoms with Gasteiger partial charge in [0.1, 0.15) is 0 Å². The third-order valence-electron chi connectivity index (χ3n) is 2.39. The summed E-state index contributed by atoms with van der Waals surface area (Å²) in [5, 5.41) is 0. The van der Waals surface area contributed by atoms with Crippen LogP contribution in [0.25, 0.3) is 0 Å². The molecule has 2 nitrogen and oxygen atoms in total. The minimum atomic E-state index is -2.60. The van der Waals surface area contributed by atoms with Crippen LogP contribution in [0, 0.1) is 0 Å². The topological polar surface area (TPSA) is 18.5 Å². The van der Waals surface area contributed by atoms with E-state index in [9.17, 15) is 8.78 Å². The van der Waals surface area contributed by atoms with Crippen molar-refractivity contribution in [3.05, 3.63) is 0 Å². The second-order valence-electron chi connectivity index (χ2n) is 3.48. The molecule has 1 aliphatic carbocycles. The molecule has 0 aliphatic heterocycles. The minimum absolute atomic E-state index is 0.113. The third kappa shape index (κ3) is 4.35. The van der Waals surface area contributed by atoms with Crippen LogP contribution in [0.4, 0.5) is 8.78 Å². The number of hydrogen-bond acceptors (Lipinski definition) is 2. The SMILES string of the molecule is COC1CCC1OCCCC(F)(F)I. The normalized spacial score (nSPS) is 27.4. The number of rotatable bonds is 6. The maximum absolute atomic E-state index is 12.4. The van der Waals surface area contributed by atoms with Crippen molar-refractivity contribution in [2.75, 3.05) is 13.7 Å². The number of ether oxygens (including phenoxy) is 2. The zero-order valence-electron chi connectivity index (χ0n) is 8.14. The Hall–Kier alpha value is 0.510. The second-order valence-corrected chi connectivity index (χ2v) is 5.06. The Kier molecular flexibility index (Phi) is 4.99. The minimum Gasteiger partial charge on any atom is -0.379 e. The molecule has 0 heterocycles. The first-order chi connectivity index (χ1) is 6.53. The summed E-state index contributed by atoms with van der Waals surface area (Å²) in [5.41, 5.74) is 0. The Balaban J connectivity index is 1.99. The maximum Gasteiger partial charge on any atom is 0.296 e. The van der Waals surface area contributed by atoms with Crippen molar-refractivity contribution in [1.29, 1.82) is 0 Å². The van der Waals surface area contributed by atoms with E-state index in [1.165, 1.54) is 0 Å². The Morgan fingerprint density at radius 2 is 2.00 bits per heavy atom. The van der Waals surface area contributed by atoms with Gasteiger partial charge in [-0.25, -0.2) is 0 Å². The highest BCUT2D eigenvalue weighted by Crippen LogP contribution is 2.29. The van der Waals surface area contributed by atoms with Gasteiger partial charge in [-0.3, -0.25) is 0 Å². The monoisotopic (exact) mass is 320 g/mol. The van der Waals surface area contributed by atoms with Crippen molar-refractivity contribution in [3.63, 3.8) is 0 Å². The second kappa shape index (κ2) is 5.55. The van der Waals surface area contributed by atoms with E-state index in [2.05, 4.69) is 0 Å². The predicted octanol–water partition coefficient (Wildman–Crippen LogP) is 2.99. The lowest BCUT2D eigenvalue weighted by Crippen LogP contribution is -2.40. The molecule has 1 rings (SSSR count). The molecule has 2 atom stereocenters. The van der Waals surface area contributed by atoms with E-state index in [0.717, 1.165) is 35.4 Å². The van der Waals surface area contributed by atoms with Crippen LogP contribution in [0.3, 0.4) is 0 Å². The smallest absolute Gasteiger partial charge is 0.296 e. The summed E-state index contributed by atoms with van der Waals surface area (Å²) in [6, 6.07) is 0. The van der Waals surface area contributed by atoms with Crippen LogP contribution < -0.4 is 0 Å². The first kappa shape index (κ1) is 12.6. The van der Waals surface area contributed by atoms with Gasteiger partial charge in [-0.2, -0.15) is 8.78 Å². The van der Waals surface area contributed by atoms with Gasteiger partial charge in [0.15, 0.2) is 0 Å². The zero-order chi connectivity index (χ0) is 10.6. The molecule has 1 fully saturated rings. The Morgan fingerprint density at radius 1 is 1.36 bits per heavy atom. The average Bonchev–Trinajstić information content (AvgIpc) is 2.00. The highest BCUT2D eigenvalue weighted by molar-refractivity contribution is 14.1. The summed E-state index contributed by atoms with van der Waals surface area (Å²) in [6.07, 6.45) is 2.60. The average molecular weight is 320 g/mol. The largest absolute Gasteiger partial charge is 0.379 e. The van der Waals surface area contributed by atoms with Crippen LogP contribution in [-0.2, 0) is 9.47 Å². The summed E-state index contributed by atoms with van der Waals surface area (Å²) in [7, 11) is 1.65. The van der Waals surface area contributed by atoms with Gasteiger partial charge in [0.2, 0.25) is 0 Å². The van der Waals surface area contributed by atoms with Gasteiger partial charge >= 0.3 is 0 Å². The number of methoxy groups -OCH3 is 1. The van der Waals surface area contributed by atoms with Crippen LogP contribution in [0.1, 0.15) is 25.7 Å². The molecule has 0 radical (unpaired) electrons. The quantitative estimate of drug-likeness (QED) is 0.426. The molecular weight excluding hydrogens is 305 g/mol. The lowest BCUT2D eigenvalue weighted by molar-refractivity contribution is -0.115. The van der Waals surface area contributed by atoms with Gasteiger partial charge in [-0.15, -0.1) is 0 Å². The van der Waals surface area contributed by atoms with E-state index in [-0.39, 0.29) is 18.6 Å². The zero-order valence-corrected chi connectivity index (χ0v) is 10.3. The summed E-state index contributed by atoms with van der Waals surface area (Å²) in [4.78, 5) is 0. The van der Waals surface area contributed by atoms with E-state index >= 15 is 0 Å². The molecule has 14 heavy (non-hydrogen) atoms. The Bertz CT molecular complexity index is 171. The lowest BCUT2D eigenvalue weighted by Gasteiger charge is -2.35. The molecule has 1 saturated carbocycles. The molecule has 0 N–H and O–H groups in total. The molecule has 2 unspecified atom stereocenters. The van der Waals surface area contributed by atoms with E-state index in [4.69, 9.17) is 9.47 Å². The lowest BCUT2D eigenvalue weighted by atomic mass is 9.92. The van der Waals surface area contributed by atoms with Crippen molar-refractivity contribution >= 4 is 22.6 Å². The fourth-order valence-corrected chi connectivity index (χ4v) is 1.79. The highest BCUT2D eigenvalue weighted by Gasteiger charge is 2.31. The van der Waals surface area contributed by atoms with Gasteiger partial charge in [0.25, 0.3) is 3.93 Å². The highest BCUT2D eigenvalue weighted by atomic mass is 127. The fourth-order valence-electron chi connectivity index (χ4n) is 1.41. The predicted molar refractivity (Wildman–Crippen MR) is 58.0 cm³/mol. The fraction of sp³-hybridized carbons (Fsp3) is 1.00. The molecule has 0 amide bonds. The molecule has 0 bridgehead atoms. The Labute approximate surface area is 96.5 Å². The third-order valence-corrected chi connectivity index (χ3v) is 2.93. The van der Waals surface area contributed by atoms with Crippen LogP contribution in [0.15, 0.2) is 0 Å². The van der Waals surface area contributed by atoms with E-state index in [1.807, 2.05) is 0 Å². The number of hydrogen-bond donors (Lipinski definition) is 0. The molecule has 1 aliphatic rings. The van der Waals surface area contributed by atoms with Crippen molar-refractivity contribution in [1.82, 2.24) is 0 Å². The first-order valence-corrected chi connectivity index (χ1v) is 5.82. The number of halogens is 3. The summed E-state index contributed by atoms with van der Waals surface area (Å²) >= 11 is 1.15. The Morgan fingerprint density at radius 3 is 2.43 bits per heavy atom. The summed E-state index contributed by atoms with van der Waals surface area (Å²) < 4.78 is 32.7. The van der Waals surface area contributed by atoms with Gasteiger partial charge in [-0.1, -0.05) is 0 Å². The van der Waals surface area contributed by atoms with Crippen LogP contribution >= 0.6 is 22.6 Å². The standard InChI is InChI=1S/C9H15F2IO2/c1-13-7-3-4-8(7)14-6-2-5-9(10,11)12/h7-8H,2-6H2,1H3. The van der Waals surface area contributed by atoms with Crippen molar-refractivity contribution < 1.29 is 18.3 Å². The van der Waals surface area contributed by atoms with Crippen molar-refractivity contribution in [2.45, 2.75) is 41.8 Å². The summed E-state index contributed by atoms with van der Waals surface area (Å²) in [6.45, 7) is 0.406. The molecule has 0 aromatic rings. The van der Waals surface area contributed by atoms with Crippen molar-refractivity contribution in [3.8, 4) is 0 Å². The van der Waals surface area contributed by atoms with Crippen LogP contribution in [0.5, 0.6) is 0 Å². The van der Waals surface area contributed by atoms with E-state index in [1.54, 1.807) is 7.11 Å². The maximum atomic E-state index is 12.4. The van der Waals surface area contributed by atoms with Crippen LogP contribution in [0.2, 0.25) is 0 Å². The van der Waals surface area contributed by atoms with Gasteiger partial charge < -0.3 is 9.47 Å². The molecule has 84 valence electrons. The van der Waals surface area contributed by atoms with Gasteiger partial charge in [0.05, 0.1) is 12.2 Å². The van der Waals surface area contributed by atoms with Crippen molar-refractivity contribution in [2.24, 2.45) is 0 Å². The first-order valence-electron chi connectivity index (χ1n) is 4.74. The number of alkyl halides is 3. The molecule has 0 aromatic heterocycles. The molecule has 5 heteroatoms. The van der Waals surface area contributed by atoms with Gasteiger partial charge in [0, 0.05) is 20.1 Å². The van der Waals surface area contributed by atoms with Crippen LogP contribution in [-0.4, -0.2) is 29.9 Å².